The fraction of sp³-hybridized carbons (Fsp3) is 0.412. The van der Waals surface area contributed by atoms with Gasteiger partial charge >= 0.3 is 0 Å². The number of hydrogen-bond donors (Lipinski definition) is 3. The molecular weight excluding hydrogens is 354 g/mol. The summed E-state index contributed by atoms with van der Waals surface area (Å²) >= 11 is 1.21. The van der Waals surface area contributed by atoms with E-state index in [1.165, 1.54) is 17.7 Å². The van der Waals surface area contributed by atoms with Crippen LogP contribution in [0, 0.1) is 12.8 Å². The van der Waals surface area contributed by atoms with Crippen LogP contribution in [-0.4, -0.2) is 36.9 Å². The number of nitrogens with one attached hydrogen (secondary N) is 2. The van der Waals surface area contributed by atoms with E-state index in [-0.39, 0.29) is 29.5 Å². The monoisotopic (exact) mass is 373 g/mol. The quantitative estimate of drug-likeness (QED) is 0.637. The average Bonchev–Trinajstić information content (AvgIpc) is 3.14. The van der Waals surface area contributed by atoms with Crippen LogP contribution in [0.15, 0.2) is 23.5 Å². The maximum atomic E-state index is 12.9. The van der Waals surface area contributed by atoms with Crippen molar-refractivity contribution in [1.29, 1.82) is 0 Å². The highest BCUT2D eigenvalue weighted by Gasteiger charge is 2.36. The second-order valence-electron chi connectivity index (χ2n) is 6.75. The van der Waals surface area contributed by atoms with Crippen molar-refractivity contribution < 1.29 is 9.90 Å². The van der Waals surface area contributed by atoms with E-state index >= 15 is 0 Å². The molecule has 0 saturated heterocycles. The van der Waals surface area contributed by atoms with Gasteiger partial charge in [0.2, 0.25) is 0 Å². The van der Waals surface area contributed by atoms with E-state index in [4.69, 9.17) is 0 Å². The number of carbonyl (C=O) groups excluding carboxylic acids is 1. The molecule has 8 nitrogen and oxygen atoms in total. The standard InChI is InChI=1S/C17H19N5O3S/c1-8-12-15(24)18-7-19-17(12)26-14(8)16(25)21-13(9-3-11(23)4-9)10-5-20-22(2)6-10/h5-7,9,11,13,23H,3-4H2,1-2H3,(H,21,25)(H,18,19,24)/t9?,11?,13-/m1/s1. The first-order valence-electron chi connectivity index (χ1n) is 8.38. The predicted molar refractivity (Wildman–Crippen MR) is 97.1 cm³/mol. The van der Waals surface area contributed by atoms with Crippen molar-refractivity contribution in [2.75, 3.05) is 0 Å². The Bertz CT molecular complexity index is 1030. The number of aryl methyl sites for hydroxylation is 2. The van der Waals surface area contributed by atoms with Crippen LogP contribution >= 0.6 is 11.3 Å². The van der Waals surface area contributed by atoms with Crippen molar-refractivity contribution in [3.05, 3.63) is 45.1 Å². The first kappa shape index (κ1) is 16.9. The lowest BCUT2D eigenvalue weighted by Crippen LogP contribution is -2.41. The summed E-state index contributed by atoms with van der Waals surface area (Å²) in [5.74, 6) is -0.0745. The van der Waals surface area contributed by atoms with E-state index in [2.05, 4.69) is 20.4 Å². The predicted octanol–water partition coefficient (Wildman–Crippen LogP) is 1.27. The molecule has 3 aromatic rings. The molecule has 3 N–H and O–H groups in total. The zero-order valence-corrected chi connectivity index (χ0v) is 15.2. The molecule has 1 aliphatic rings. The van der Waals surface area contributed by atoms with Crippen molar-refractivity contribution in [3.8, 4) is 0 Å². The van der Waals surface area contributed by atoms with Gasteiger partial charge in [0.1, 0.15) is 4.83 Å². The Morgan fingerprint density at radius 1 is 1.50 bits per heavy atom. The van der Waals surface area contributed by atoms with Crippen molar-refractivity contribution in [1.82, 2.24) is 25.1 Å². The van der Waals surface area contributed by atoms with Gasteiger partial charge in [-0.3, -0.25) is 14.3 Å². The fourth-order valence-electron chi connectivity index (χ4n) is 3.48. The summed E-state index contributed by atoms with van der Waals surface area (Å²) < 4.78 is 1.69. The van der Waals surface area contributed by atoms with Gasteiger partial charge < -0.3 is 15.4 Å². The van der Waals surface area contributed by atoms with E-state index in [1.54, 1.807) is 17.8 Å². The third kappa shape index (κ3) is 2.82. The normalized spacial score (nSPS) is 20.7. The Labute approximate surface area is 152 Å². The number of carbonyl (C=O) groups is 1. The lowest BCUT2D eigenvalue weighted by molar-refractivity contribution is 0.0235. The number of fused-ring (bicyclic) bond motifs is 1. The van der Waals surface area contributed by atoms with Gasteiger partial charge in [0, 0.05) is 18.8 Å². The average molecular weight is 373 g/mol. The van der Waals surface area contributed by atoms with Gasteiger partial charge in [0.15, 0.2) is 0 Å². The molecule has 0 aliphatic heterocycles. The van der Waals surface area contributed by atoms with Crippen LogP contribution in [0.4, 0.5) is 0 Å². The smallest absolute Gasteiger partial charge is 0.262 e. The van der Waals surface area contributed by atoms with Gasteiger partial charge in [-0.1, -0.05) is 0 Å². The molecule has 136 valence electrons. The molecule has 1 atom stereocenters. The fourth-order valence-corrected chi connectivity index (χ4v) is 4.53. The third-order valence-corrected chi connectivity index (χ3v) is 6.13. The number of hydrogen-bond acceptors (Lipinski definition) is 6. The summed E-state index contributed by atoms with van der Waals surface area (Å²) in [6, 6.07) is -0.226. The minimum atomic E-state index is -0.315. The summed E-state index contributed by atoms with van der Waals surface area (Å²) in [6.07, 6.45) is 5.93. The maximum Gasteiger partial charge on any atom is 0.262 e. The molecule has 9 heteroatoms. The van der Waals surface area contributed by atoms with Gasteiger partial charge in [0.25, 0.3) is 11.5 Å². The lowest BCUT2D eigenvalue weighted by atomic mass is 9.75. The Morgan fingerprint density at radius 2 is 2.27 bits per heavy atom. The van der Waals surface area contributed by atoms with Crippen LogP contribution < -0.4 is 10.9 Å². The second-order valence-corrected chi connectivity index (χ2v) is 7.75. The minimum Gasteiger partial charge on any atom is -0.393 e. The summed E-state index contributed by atoms with van der Waals surface area (Å²) in [4.78, 5) is 32.7. The van der Waals surface area contributed by atoms with Gasteiger partial charge in [-0.15, -0.1) is 11.3 Å². The Balaban J connectivity index is 1.66. The van der Waals surface area contributed by atoms with E-state index in [9.17, 15) is 14.7 Å². The molecule has 26 heavy (non-hydrogen) atoms. The highest BCUT2D eigenvalue weighted by molar-refractivity contribution is 7.20. The Hall–Kier alpha value is -2.52. The van der Waals surface area contributed by atoms with Crippen LogP contribution in [0.5, 0.6) is 0 Å². The van der Waals surface area contributed by atoms with Crippen molar-refractivity contribution >= 4 is 27.5 Å². The maximum absolute atomic E-state index is 12.9. The molecule has 1 saturated carbocycles. The molecule has 0 spiro atoms. The van der Waals surface area contributed by atoms with Crippen molar-refractivity contribution in [2.24, 2.45) is 13.0 Å². The molecule has 4 rings (SSSR count). The van der Waals surface area contributed by atoms with Crippen molar-refractivity contribution in [3.63, 3.8) is 0 Å². The van der Waals surface area contributed by atoms with E-state index in [1.807, 2.05) is 13.2 Å². The van der Waals surface area contributed by atoms with Gasteiger partial charge in [-0.05, 0) is 31.2 Å². The number of amides is 1. The van der Waals surface area contributed by atoms with E-state index in [0.717, 1.165) is 5.56 Å². The topological polar surface area (TPSA) is 113 Å². The number of H-pyrrole nitrogens is 1. The third-order valence-electron chi connectivity index (χ3n) is 4.93. The molecule has 3 aromatic heterocycles. The highest BCUT2D eigenvalue weighted by Crippen LogP contribution is 2.38. The zero-order valence-electron chi connectivity index (χ0n) is 14.4. The first-order valence-corrected chi connectivity index (χ1v) is 9.20. The Morgan fingerprint density at radius 3 is 2.88 bits per heavy atom. The second kappa shape index (κ2) is 6.33. The van der Waals surface area contributed by atoms with Crippen LogP contribution in [0.1, 0.15) is 39.7 Å². The van der Waals surface area contributed by atoms with Crippen LogP contribution in [0.2, 0.25) is 0 Å². The highest BCUT2D eigenvalue weighted by atomic mass is 32.1. The summed E-state index contributed by atoms with van der Waals surface area (Å²) in [6.45, 7) is 1.76. The molecule has 0 bridgehead atoms. The molecule has 0 unspecified atom stereocenters. The molecule has 1 amide bonds. The summed E-state index contributed by atoms with van der Waals surface area (Å²) in [7, 11) is 1.83. The summed E-state index contributed by atoms with van der Waals surface area (Å²) in [5, 5.41) is 17.4. The van der Waals surface area contributed by atoms with E-state index in [0.29, 0.717) is 33.5 Å². The Kier molecular flexibility index (Phi) is 4.12. The van der Waals surface area contributed by atoms with E-state index < -0.39 is 0 Å². The number of aliphatic hydroxyl groups is 1. The van der Waals surface area contributed by atoms with Gasteiger partial charge in [-0.25, -0.2) is 4.98 Å². The number of aromatic nitrogens is 4. The van der Waals surface area contributed by atoms with Gasteiger partial charge in [-0.2, -0.15) is 5.10 Å². The molecule has 1 aliphatic carbocycles. The van der Waals surface area contributed by atoms with Crippen LogP contribution in [0.3, 0.4) is 0 Å². The first-order chi connectivity index (χ1) is 12.4. The zero-order chi connectivity index (χ0) is 18.4. The number of nitrogens with zero attached hydrogens (tertiary/aromatic N) is 3. The van der Waals surface area contributed by atoms with Crippen LogP contribution in [-0.2, 0) is 7.05 Å². The molecule has 0 radical (unpaired) electrons. The number of rotatable bonds is 4. The molecule has 3 heterocycles. The number of aromatic amines is 1. The largest absolute Gasteiger partial charge is 0.393 e. The molecule has 1 fully saturated rings. The van der Waals surface area contributed by atoms with Gasteiger partial charge in [0.05, 0.1) is 34.9 Å². The SMILES string of the molecule is Cc1c(C(=O)N[C@@H](c2cnn(C)c2)C2CC(O)C2)sc2nc[nH]c(=O)c12. The summed E-state index contributed by atoms with van der Waals surface area (Å²) in [5.41, 5.74) is 1.30. The lowest BCUT2D eigenvalue weighted by Gasteiger charge is -2.37. The number of aliphatic hydroxyl groups excluding tert-OH is 1. The van der Waals surface area contributed by atoms with Crippen LogP contribution in [0.25, 0.3) is 10.2 Å². The molecule has 0 aromatic carbocycles. The minimum absolute atomic E-state index is 0.161. The number of thiophene rings is 1. The van der Waals surface area contributed by atoms with Crippen molar-refractivity contribution in [2.45, 2.75) is 31.9 Å². The molecular formula is C17H19N5O3S.